The van der Waals surface area contributed by atoms with E-state index in [-0.39, 0.29) is 18.4 Å². The Morgan fingerprint density at radius 3 is 2.43 bits per heavy atom. The van der Waals surface area contributed by atoms with Gasteiger partial charge in [0.15, 0.2) is 18.1 Å². The second-order valence-electron chi connectivity index (χ2n) is 8.70. The van der Waals surface area contributed by atoms with E-state index < -0.39 is 0 Å². The summed E-state index contributed by atoms with van der Waals surface area (Å²) in [5.41, 5.74) is 1.78. The lowest BCUT2D eigenvalue weighted by Gasteiger charge is -2.26. The van der Waals surface area contributed by atoms with Crippen molar-refractivity contribution < 1.29 is 23.8 Å². The molecule has 1 fully saturated rings. The highest BCUT2D eigenvalue weighted by Gasteiger charge is 2.20. The molecule has 2 aromatic rings. The molecule has 35 heavy (non-hydrogen) atoms. The van der Waals surface area contributed by atoms with Gasteiger partial charge < -0.3 is 24.0 Å². The lowest BCUT2D eigenvalue weighted by Crippen LogP contribution is -2.38. The van der Waals surface area contributed by atoms with Crippen molar-refractivity contribution in [3.8, 4) is 11.5 Å². The van der Waals surface area contributed by atoms with Crippen LogP contribution in [-0.2, 0) is 16.0 Å². The van der Waals surface area contributed by atoms with Crippen LogP contribution in [0.15, 0.2) is 48.5 Å². The van der Waals surface area contributed by atoms with Gasteiger partial charge in [0.25, 0.3) is 11.8 Å². The minimum Gasteiger partial charge on any atom is -0.490 e. The molecule has 0 saturated carbocycles. The second kappa shape index (κ2) is 14.4. The van der Waals surface area contributed by atoms with E-state index in [1.165, 1.54) is 12.0 Å². The van der Waals surface area contributed by atoms with Gasteiger partial charge in [0.05, 0.1) is 13.2 Å². The standard InChI is InChI=1S/C28H38N2O5/c1-3-34-26-21-24(14-15-25(26)35-22-27(31)29-16-8-5-9-17-29)28(32)30(19-20-33-2)18-10-13-23-11-6-4-7-12-23/h4,6-7,11-12,14-15,21H,3,5,8-10,13,16-20,22H2,1-2H3. The molecule has 7 heteroatoms. The minimum atomic E-state index is -0.0768. The van der Waals surface area contributed by atoms with Crippen LogP contribution in [0.5, 0.6) is 11.5 Å². The maximum Gasteiger partial charge on any atom is 0.260 e. The van der Waals surface area contributed by atoms with E-state index in [1.54, 1.807) is 25.3 Å². The summed E-state index contributed by atoms with van der Waals surface area (Å²) < 4.78 is 16.8. The maximum absolute atomic E-state index is 13.3. The van der Waals surface area contributed by atoms with Crippen LogP contribution in [0.4, 0.5) is 0 Å². The number of likely N-dealkylation sites (tertiary alicyclic amines) is 1. The molecule has 1 aliphatic rings. The summed E-state index contributed by atoms with van der Waals surface area (Å²) >= 11 is 0. The van der Waals surface area contributed by atoms with Gasteiger partial charge in [-0.2, -0.15) is 0 Å². The molecule has 0 spiro atoms. The Bertz CT molecular complexity index is 928. The molecule has 1 saturated heterocycles. The molecule has 0 bridgehead atoms. The van der Waals surface area contributed by atoms with Crippen molar-refractivity contribution in [2.75, 3.05) is 53.1 Å². The first-order valence-corrected chi connectivity index (χ1v) is 12.6. The fourth-order valence-electron chi connectivity index (χ4n) is 4.22. The van der Waals surface area contributed by atoms with E-state index in [0.29, 0.717) is 43.4 Å². The van der Waals surface area contributed by atoms with Gasteiger partial charge in [0, 0.05) is 38.9 Å². The lowest BCUT2D eigenvalue weighted by atomic mass is 10.1. The van der Waals surface area contributed by atoms with E-state index in [0.717, 1.165) is 38.8 Å². The number of hydrogen-bond donors (Lipinski definition) is 0. The van der Waals surface area contributed by atoms with Crippen molar-refractivity contribution in [1.29, 1.82) is 0 Å². The average Bonchev–Trinajstić information content (AvgIpc) is 2.90. The van der Waals surface area contributed by atoms with Crippen molar-refractivity contribution >= 4 is 11.8 Å². The van der Waals surface area contributed by atoms with E-state index >= 15 is 0 Å². The van der Waals surface area contributed by atoms with Crippen LogP contribution in [0.2, 0.25) is 0 Å². The maximum atomic E-state index is 13.3. The third-order valence-electron chi connectivity index (χ3n) is 6.14. The summed E-state index contributed by atoms with van der Waals surface area (Å²) in [5.74, 6) is 0.852. The molecule has 0 aliphatic carbocycles. The van der Waals surface area contributed by atoms with Crippen molar-refractivity contribution in [2.45, 2.75) is 39.0 Å². The Kier molecular flexibility index (Phi) is 10.9. The minimum absolute atomic E-state index is 0.0172. The highest BCUT2D eigenvalue weighted by molar-refractivity contribution is 5.95. The summed E-state index contributed by atoms with van der Waals surface area (Å²) in [6.07, 6.45) is 5.01. The summed E-state index contributed by atoms with van der Waals surface area (Å²) in [7, 11) is 1.64. The number of piperidine rings is 1. The first kappa shape index (κ1) is 26.5. The predicted molar refractivity (Wildman–Crippen MR) is 136 cm³/mol. The molecule has 2 amide bonds. The van der Waals surface area contributed by atoms with Gasteiger partial charge >= 0.3 is 0 Å². The Morgan fingerprint density at radius 2 is 1.71 bits per heavy atom. The molecule has 190 valence electrons. The summed E-state index contributed by atoms with van der Waals surface area (Å²) in [6, 6.07) is 15.4. The highest BCUT2D eigenvalue weighted by atomic mass is 16.5. The van der Waals surface area contributed by atoms with Crippen LogP contribution in [-0.4, -0.2) is 74.7 Å². The molecule has 1 heterocycles. The van der Waals surface area contributed by atoms with Crippen LogP contribution < -0.4 is 9.47 Å². The van der Waals surface area contributed by atoms with Gasteiger partial charge in [-0.05, 0) is 62.8 Å². The lowest BCUT2D eigenvalue weighted by molar-refractivity contribution is -0.134. The van der Waals surface area contributed by atoms with E-state index in [4.69, 9.17) is 14.2 Å². The summed E-state index contributed by atoms with van der Waals surface area (Å²) in [6.45, 7) is 5.46. The third kappa shape index (κ3) is 8.28. The molecular formula is C28H38N2O5. The number of methoxy groups -OCH3 is 1. The van der Waals surface area contributed by atoms with Gasteiger partial charge in [0.1, 0.15) is 0 Å². The molecule has 0 aromatic heterocycles. The number of carbonyl (C=O) groups excluding carboxylic acids is 2. The molecule has 7 nitrogen and oxygen atoms in total. The largest absolute Gasteiger partial charge is 0.490 e. The van der Waals surface area contributed by atoms with Gasteiger partial charge in [0.2, 0.25) is 0 Å². The topological polar surface area (TPSA) is 68.3 Å². The average molecular weight is 483 g/mol. The fourth-order valence-corrected chi connectivity index (χ4v) is 4.22. The number of rotatable bonds is 13. The fraction of sp³-hybridized carbons (Fsp3) is 0.500. The Morgan fingerprint density at radius 1 is 0.943 bits per heavy atom. The zero-order valence-electron chi connectivity index (χ0n) is 21.0. The third-order valence-corrected chi connectivity index (χ3v) is 6.14. The molecule has 0 atom stereocenters. The van der Waals surface area contributed by atoms with Crippen LogP contribution in [0, 0.1) is 0 Å². The van der Waals surface area contributed by atoms with Gasteiger partial charge in [-0.15, -0.1) is 0 Å². The van der Waals surface area contributed by atoms with Crippen molar-refractivity contribution in [1.82, 2.24) is 9.80 Å². The monoisotopic (exact) mass is 482 g/mol. The summed E-state index contributed by atoms with van der Waals surface area (Å²) in [5, 5.41) is 0. The summed E-state index contributed by atoms with van der Waals surface area (Å²) in [4.78, 5) is 29.5. The quantitative estimate of drug-likeness (QED) is 0.428. The van der Waals surface area contributed by atoms with E-state index in [1.807, 2.05) is 34.9 Å². The Balaban J connectivity index is 1.64. The second-order valence-corrected chi connectivity index (χ2v) is 8.70. The number of benzene rings is 2. The normalized spacial score (nSPS) is 13.4. The molecule has 3 rings (SSSR count). The number of nitrogens with zero attached hydrogens (tertiary/aromatic N) is 2. The van der Waals surface area contributed by atoms with Crippen molar-refractivity contribution in [2.24, 2.45) is 0 Å². The number of carbonyl (C=O) groups is 2. The number of ether oxygens (including phenoxy) is 3. The van der Waals surface area contributed by atoms with Crippen LogP contribution in [0.25, 0.3) is 0 Å². The van der Waals surface area contributed by atoms with Crippen LogP contribution in [0.1, 0.15) is 48.5 Å². The molecule has 0 N–H and O–H groups in total. The SMILES string of the molecule is CCOc1cc(C(=O)N(CCCc2ccccc2)CCOC)ccc1OCC(=O)N1CCCCC1. The van der Waals surface area contributed by atoms with Crippen molar-refractivity contribution in [3.05, 3.63) is 59.7 Å². The molecular weight excluding hydrogens is 444 g/mol. The number of hydrogen-bond acceptors (Lipinski definition) is 5. The smallest absolute Gasteiger partial charge is 0.260 e. The first-order valence-electron chi connectivity index (χ1n) is 12.6. The zero-order valence-corrected chi connectivity index (χ0v) is 21.0. The van der Waals surface area contributed by atoms with E-state index in [9.17, 15) is 9.59 Å². The zero-order chi connectivity index (χ0) is 24.9. The van der Waals surface area contributed by atoms with Gasteiger partial charge in [-0.1, -0.05) is 30.3 Å². The molecule has 1 aliphatic heterocycles. The number of amides is 2. The van der Waals surface area contributed by atoms with Gasteiger partial charge in [-0.25, -0.2) is 0 Å². The molecule has 2 aromatic carbocycles. The highest BCUT2D eigenvalue weighted by Crippen LogP contribution is 2.29. The number of aryl methyl sites for hydroxylation is 1. The predicted octanol–water partition coefficient (Wildman–Crippen LogP) is 4.20. The van der Waals surface area contributed by atoms with Crippen molar-refractivity contribution in [3.63, 3.8) is 0 Å². The Hall–Kier alpha value is -3.06. The van der Waals surface area contributed by atoms with Crippen LogP contribution >= 0.6 is 0 Å². The Labute approximate surface area is 209 Å². The van der Waals surface area contributed by atoms with Gasteiger partial charge in [-0.3, -0.25) is 9.59 Å². The van der Waals surface area contributed by atoms with Crippen LogP contribution in [0.3, 0.4) is 0 Å². The first-order chi connectivity index (χ1) is 17.1. The molecule has 0 radical (unpaired) electrons. The molecule has 0 unspecified atom stereocenters. The van der Waals surface area contributed by atoms with E-state index in [2.05, 4.69) is 12.1 Å².